The quantitative estimate of drug-likeness (QED) is 0.597. The Morgan fingerprint density at radius 2 is 1.90 bits per heavy atom. The molecule has 0 aromatic heterocycles. The summed E-state index contributed by atoms with van der Waals surface area (Å²) in [5.41, 5.74) is -0.427. The van der Waals surface area contributed by atoms with Crippen molar-refractivity contribution in [3.8, 4) is 0 Å². The van der Waals surface area contributed by atoms with Crippen molar-refractivity contribution in [2.24, 2.45) is 0 Å². The number of ketones is 1. The Labute approximate surface area is 113 Å². The van der Waals surface area contributed by atoms with E-state index < -0.39 is 41.3 Å². The Balaban J connectivity index is 2.14. The van der Waals surface area contributed by atoms with Gasteiger partial charge in [0.15, 0.2) is 5.78 Å². The number of halogens is 2. The smallest absolute Gasteiger partial charge is 0.312 e. The number of Topliss-reactive ketones (excluding diaryl/α,β-unsaturated/α-hetero) is 1. The number of amides is 2. The van der Waals surface area contributed by atoms with Gasteiger partial charge in [-0.3, -0.25) is 14.4 Å². The van der Waals surface area contributed by atoms with E-state index in [0.29, 0.717) is 6.54 Å². The average Bonchev–Trinajstić information content (AvgIpc) is 2.42. The van der Waals surface area contributed by atoms with Crippen molar-refractivity contribution in [1.29, 1.82) is 0 Å². The van der Waals surface area contributed by atoms with Crippen LogP contribution < -0.4 is 0 Å². The summed E-state index contributed by atoms with van der Waals surface area (Å²) in [7, 11) is 1.48. The molecule has 0 aliphatic carbocycles. The first-order valence-electron chi connectivity index (χ1n) is 5.93. The van der Waals surface area contributed by atoms with Crippen molar-refractivity contribution >= 4 is 17.6 Å². The summed E-state index contributed by atoms with van der Waals surface area (Å²) in [5.74, 6) is -3.87. The lowest BCUT2D eigenvalue weighted by Crippen LogP contribution is -2.54. The van der Waals surface area contributed by atoms with Crippen LogP contribution in [0, 0.1) is 11.6 Å². The molecule has 1 aromatic rings. The van der Waals surface area contributed by atoms with E-state index in [1.807, 2.05) is 0 Å². The van der Waals surface area contributed by atoms with Crippen LogP contribution in [0.1, 0.15) is 10.4 Å². The van der Waals surface area contributed by atoms with Crippen LogP contribution in [0.25, 0.3) is 0 Å². The number of carbonyl (C=O) groups is 3. The van der Waals surface area contributed by atoms with Gasteiger partial charge >= 0.3 is 11.8 Å². The molecule has 106 valence electrons. The summed E-state index contributed by atoms with van der Waals surface area (Å²) in [6.07, 6.45) is 0. The highest BCUT2D eigenvalue weighted by Crippen LogP contribution is 2.12. The second-order valence-corrected chi connectivity index (χ2v) is 4.50. The van der Waals surface area contributed by atoms with Crippen molar-refractivity contribution in [3.05, 3.63) is 35.4 Å². The Morgan fingerprint density at radius 3 is 2.60 bits per heavy atom. The monoisotopic (exact) mass is 282 g/mol. The number of piperazine rings is 1. The zero-order chi connectivity index (χ0) is 14.9. The van der Waals surface area contributed by atoms with Crippen molar-refractivity contribution in [1.82, 2.24) is 9.80 Å². The van der Waals surface area contributed by atoms with Crippen LogP contribution in [0.3, 0.4) is 0 Å². The van der Waals surface area contributed by atoms with Crippen LogP contribution in [0.2, 0.25) is 0 Å². The van der Waals surface area contributed by atoms with Crippen molar-refractivity contribution in [2.45, 2.75) is 0 Å². The summed E-state index contributed by atoms with van der Waals surface area (Å²) in [6.45, 7) is 0.0338. The fourth-order valence-electron chi connectivity index (χ4n) is 1.89. The van der Waals surface area contributed by atoms with Crippen LogP contribution in [0.4, 0.5) is 8.78 Å². The summed E-state index contributed by atoms with van der Waals surface area (Å²) < 4.78 is 26.5. The number of carbonyl (C=O) groups excluding carboxylic acids is 3. The van der Waals surface area contributed by atoms with E-state index in [9.17, 15) is 23.2 Å². The van der Waals surface area contributed by atoms with Gasteiger partial charge in [0.1, 0.15) is 11.6 Å². The highest BCUT2D eigenvalue weighted by Gasteiger charge is 2.31. The molecule has 0 radical (unpaired) electrons. The molecule has 0 bridgehead atoms. The van der Waals surface area contributed by atoms with Crippen LogP contribution >= 0.6 is 0 Å². The first-order chi connectivity index (χ1) is 9.40. The lowest BCUT2D eigenvalue weighted by molar-refractivity contribution is -0.154. The number of likely N-dealkylation sites (N-methyl/N-ethyl adjacent to an activating group) is 1. The van der Waals surface area contributed by atoms with E-state index >= 15 is 0 Å². The Bertz CT molecular complexity index is 589. The molecule has 2 rings (SSSR count). The van der Waals surface area contributed by atoms with Crippen molar-refractivity contribution in [3.63, 3.8) is 0 Å². The molecular formula is C13H12F2N2O3. The molecule has 2 amide bonds. The average molecular weight is 282 g/mol. The normalized spacial score (nSPS) is 15.8. The number of benzene rings is 1. The summed E-state index contributed by atoms with van der Waals surface area (Å²) in [4.78, 5) is 37.3. The molecule has 1 aliphatic heterocycles. The minimum atomic E-state index is -0.857. The highest BCUT2D eigenvalue weighted by atomic mass is 19.1. The third kappa shape index (κ3) is 2.66. The molecular weight excluding hydrogens is 270 g/mol. The lowest BCUT2D eigenvalue weighted by Gasteiger charge is -2.30. The first-order valence-corrected chi connectivity index (χ1v) is 5.93. The topological polar surface area (TPSA) is 57.7 Å². The van der Waals surface area contributed by atoms with E-state index in [1.165, 1.54) is 11.9 Å². The molecule has 0 unspecified atom stereocenters. The van der Waals surface area contributed by atoms with Gasteiger partial charge < -0.3 is 9.80 Å². The number of nitrogens with zero attached hydrogens (tertiary/aromatic N) is 2. The highest BCUT2D eigenvalue weighted by molar-refractivity contribution is 6.35. The molecule has 1 fully saturated rings. The van der Waals surface area contributed by atoms with Gasteiger partial charge in [-0.1, -0.05) is 0 Å². The third-order valence-electron chi connectivity index (χ3n) is 3.09. The van der Waals surface area contributed by atoms with E-state index in [-0.39, 0.29) is 6.54 Å². The van der Waals surface area contributed by atoms with Crippen LogP contribution in [0.15, 0.2) is 18.2 Å². The maximum absolute atomic E-state index is 13.4. The fraction of sp³-hybridized carbons (Fsp3) is 0.308. The van der Waals surface area contributed by atoms with Gasteiger partial charge in [0, 0.05) is 20.1 Å². The minimum absolute atomic E-state index is 0.184. The zero-order valence-corrected chi connectivity index (χ0v) is 10.7. The molecule has 0 saturated carbocycles. The second kappa shape index (κ2) is 5.36. The van der Waals surface area contributed by atoms with Gasteiger partial charge in [-0.25, -0.2) is 8.78 Å². The third-order valence-corrected chi connectivity index (χ3v) is 3.09. The standard InChI is InChI=1S/C13H12F2N2O3/c1-16-4-5-17(13(20)12(16)19)7-11(18)9-6-8(14)2-3-10(9)15/h2-3,6H,4-5,7H2,1H3. The molecule has 5 nitrogen and oxygen atoms in total. The summed E-state index contributed by atoms with van der Waals surface area (Å²) >= 11 is 0. The molecule has 1 saturated heterocycles. The van der Waals surface area contributed by atoms with E-state index in [2.05, 4.69) is 0 Å². The molecule has 0 spiro atoms. The number of rotatable bonds is 3. The maximum Gasteiger partial charge on any atom is 0.312 e. The van der Waals surface area contributed by atoms with Gasteiger partial charge in [0.2, 0.25) is 0 Å². The van der Waals surface area contributed by atoms with E-state index in [4.69, 9.17) is 0 Å². The van der Waals surface area contributed by atoms with Gasteiger partial charge in [0.05, 0.1) is 12.1 Å². The van der Waals surface area contributed by atoms with Gasteiger partial charge in [-0.2, -0.15) is 0 Å². The SMILES string of the molecule is CN1CCN(CC(=O)c2cc(F)ccc2F)C(=O)C1=O. The van der Waals surface area contributed by atoms with Crippen molar-refractivity contribution in [2.75, 3.05) is 26.7 Å². The molecule has 7 heteroatoms. The van der Waals surface area contributed by atoms with Crippen LogP contribution in [-0.2, 0) is 9.59 Å². The molecule has 1 aliphatic rings. The van der Waals surface area contributed by atoms with Gasteiger partial charge in [0.25, 0.3) is 0 Å². The van der Waals surface area contributed by atoms with Crippen LogP contribution in [0.5, 0.6) is 0 Å². The first kappa shape index (κ1) is 14.1. The van der Waals surface area contributed by atoms with Gasteiger partial charge in [-0.05, 0) is 18.2 Å². The predicted octanol–water partition coefficient (Wildman–Crippen LogP) is 0.448. The fourth-order valence-corrected chi connectivity index (χ4v) is 1.89. The maximum atomic E-state index is 13.4. The Morgan fingerprint density at radius 1 is 1.20 bits per heavy atom. The summed E-state index contributed by atoms with van der Waals surface area (Å²) in [5, 5.41) is 0. The molecule has 1 heterocycles. The molecule has 20 heavy (non-hydrogen) atoms. The Kier molecular flexibility index (Phi) is 3.78. The Hall–Kier alpha value is -2.31. The molecule has 1 aromatic carbocycles. The zero-order valence-electron chi connectivity index (χ0n) is 10.7. The largest absolute Gasteiger partial charge is 0.336 e. The number of hydrogen-bond donors (Lipinski definition) is 0. The lowest BCUT2D eigenvalue weighted by atomic mass is 10.1. The van der Waals surface area contributed by atoms with Gasteiger partial charge in [-0.15, -0.1) is 0 Å². The van der Waals surface area contributed by atoms with Crippen LogP contribution in [-0.4, -0.2) is 54.1 Å². The molecule has 0 N–H and O–H groups in total. The number of hydrogen-bond acceptors (Lipinski definition) is 3. The molecule has 0 atom stereocenters. The minimum Gasteiger partial charge on any atom is -0.336 e. The van der Waals surface area contributed by atoms with E-state index in [1.54, 1.807) is 0 Å². The van der Waals surface area contributed by atoms with Crippen molar-refractivity contribution < 1.29 is 23.2 Å². The predicted molar refractivity (Wildman–Crippen MR) is 64.9 cm³/mol. The van der Waals surface area contributed by atoms with E-state index in [0.717, 1.165) is 23.1 Å². The summed E-state index contributed by atoms with van der Waals surface area (Å²) in [6, 6.07) is 2.52. The second-order valence-electron chi connectivity index (χ2n) is 4.50.